The van der Waals surface area contributed by atoms with Crippen LogP contribution in [0, 0.1) is 16.7 Å². The van der Waals surface area contributed by atoms with Crippen LogP contribution in [-0.2, 0) is 42.9 Å². The van der Waals surface area contributed by atoms with Gasteiger partial charge in [-0.15, -0.1) is 0 Å². The molecule has 0 spiro atoms. The molecule has 2 aliphatic heterocycles. The van der Waals surface area contributed by atoms with Gasteiger partial charge in [0.15, 0.2) is 6.10 Å². The summed E-state index contributed by atoms with van der Waals surface area (Å²) in [6.07, 6.45) is -9.42. The van der Waals surface area contributed by atoms with E-state index in [-0.39, 0.29) is 28.7 Å². The molecule has 0 aromatic heterocycles. The largest absolute Gasteiger partial charge is 0.456 e. The van der Waals surface area contributed by atoms with E-state index in [1.165, 1.54) is 46.8 Å². The molecule has 8 rings (SSSR count). The molecule has 11 atom stereocenters. The lowest BCUT2D eigenvalue weighted by Crippen LogP contribution is -2.76. The molecule has 1 amide bonds. The SMILES string of the molecule is CC(=O)O[C@@]12O[C@@H]3C[C@H](O)[C@@](C)(C1=O)[C@H]([C@H](OC(=O)c1ccccc1)[C@]1(O)C[C@H](OC(=O)[C@H](O)[C@@H](NC(=O)c4cccc(N(C)C)c4)c4ccccc4)C(C)=C2C1(C)C)[C@@]3(C)OC(C)=O. The Kier molecular flexibility index (Phi) is 12.2. The lowest BCUT2D eigenvalue weighted by Gasteiger charge is -2.62. The van der Waals surface area contributed by atoms with E-state index in [9.17, 15) is 39.3 Å². The third-order valence-corrected chi connectivity index (χ3v) is 14.1. The van der Waals surface area contributed by atoms with Crippen LogP contribution in [-0.4, -0.2) is 112 Å². The molecular formula is C49H56N2O14. The number of benzene rings is 3. The van der Waals surface area contributed by atoms with Crippen molar-refractivity contribution in [2.24, 2.45) is 16.7 Å². The molecule has 65 heavy (non-hydrogen) atoms. The molecule has 6 bridgehead atoms. The molecule has 16 heteroatoms. The molecule has 4 N–H and O–H groups in total. The average Bonchev–Trinajstić information content (AvgIpc) is 3.35. The second-order valence-electron chi connectivity index (χ2n) is 18.6. The normalized spacial score (nSPS) is 31.9. The molecule has 5 aliphatic rings. The fourth-order valence-corrected chi connectivity index (χ4v) is 10.8. The fourth-order valence-electron chi connectivity index (χ4n) is 10.8. The van der Waals surface area contributed by atoms with E-state index >= 15 is 4.79 Å². The van der Waals surface area contributed by atoms with Crippen molar-refractivity contribution in [3.8, 4) is 0 Å². The first-order chi connectivity index (χ1) is 30.4. The van der Waals surface area contributed by atoms with Crippen molar-refractivity contribution in [1.82, 2.24) is 5.32 Å². The molecule has 3 aromatic carbocycles. The first kappa shape index (κ1) is 47.0. The molecule has 2 heterocycles. The highest BCUT2D eigenvalue weighted by Gasteiger charge is 2.82. The van der Waals surface area contributed by atoms with Gasteiger partial charge < -0.3 is 49.2 Å². The summed E-state index contributed by atoms with van der Waals surface area (Å²) in [4.78, 5) is 86.6. The monoisotopic (exact) mass is 896 g/mol. The van der Waals surface area contributed by atoms with Gasteiger partial charge in [0, 0.05) is 63.0 Å². The van der Waals surface area contributed by atoms with E-state index in [2.05, 4.69) is 5.32 Å². The van der Waals surface area contributed by atoms with E-state index in [1.807, 2.05) is 25.1 Å². The second-order valence-corrected chi connectivity index (χ2v) is 18.6. The maximum atomic E-state index is 15.8. The minimum atomic E-state index is -2.75. The molecule has 0 radical (unpaired) electrons. The lowest BCUT2D eigenvalue weighted by molar-refractivity contribution is -0.266. The Labute approximate surface area is 376 Å². The van der Waals surface area contributed by atoms with Crippen LogP contribution in [0.3, 0.4) is 0 Å². The van der Waals surface area contributed by atoms with Crippen molar-refractivity contribution in [3.05, 3.63) is 113 Å². The minimum absolute atomic E-state index is 0.0581. The molecule has 2 saturated heterocycles. The number of rotatable bonds is 11. The molecule has 16 nitrogen and oxygen atoms in total. The van der Waals surface area contributed by atoms with Gasteiger partial charge in [0.25, 0.3) is 11.7 Å². The van der Waals surface area contributed by atoms with Crippen LogP contribution in [0.15, 0.2) is 96.1 Å². The van der Waals surface area contributed by atoms with Crippen molar-refractivity contribution >= 4 is 41.3 Å². The van der Waals surface area contributed by atoms with Crippen LogP contribution in [0.1, 0.15) is 93.6 Å². The summed E-state index contributed by atoms with van der Waals surface area (Å²) in [5.41, 5.74) is -7.07. The minimum Gasteiger partial charge on any atom is -0.456 e. The average molecular weight is 897 g/mol. The zero-order valence-corrected chi connectivity index (χ0v) is 37.8. The predicted octanol–water partition coefficient (Wildman–Crippen LogP) is 4.15. The Morgan fingerprint density at radius 3 is 2.05 bits per heavy atom. The van der Waals surface area contributed by atoms with Gasteiger partial charge in [0.1, 0.15) is 29.5 Å². The number of ether oxygens (including phenoxy) is 5. The number of aliphatic hydroxyl groups excluding tert-OH is 2. The molecule has 346 valence electrons. The summed E-state index contributed by atoms with van der Waals surface area (Å²) < 4.78 is 31.4. The fraction of sp³-hybridized carbons (Fsp3) is 0.469. The standard InChI is InChI=1S/C49H56N2O14/c1-26-33(61-43(58)37(55)36(29-17-12-10-13-18-29)50-41(56)31-21-16-22-32(23-31)51(8)9)25-48(60)40(62-42(57)30-19-14-11-15-20-30)39-46(6)34(54)24-35(47(39,7)63-27(2)52)65-49(44(46)59,64-28(3)53)38(26)45(48,4)5/h10-23,33-37,39-40,54-55,60H,24-25H2,1-9H3,(H,50,56)/t33-,34-,35+,36-,37+,39-,40-,46+,47-,48+,49-/m0/s1. The second kappa shape index (κ2) is 16.8. The first-order valence-electron chi connectivity index (χ1n) is 21.5. The number of carbonyl (C=O) groups is 6. The maximum Gasteiger partial charge on any atom is 0.338 e. The number of hydrogen-bond donors (Lipinski definition) is 4. The Morgan fingerprint density at radius 1 is 0.846 bits per heavy atom. The van der Waals surface area contributed by atoms with Crippen LogP contribution in [0.5, 0.6) is 0 Å². The van der Waals surface area contributed by atoms with E-state index in [0.717, 1.165) is 19.5 Å². The van der Waals surface area contributed by atoms with E-state index in [4.69, 9.17) is 23.7 Å². The van der Waals surface area contributed by atoms with Gasteiger partial charge in [-0.3, -0.25) is 19.2 Å². The summed E-state index contributed by atoms with van der Waals surface area (Å²) >= 11 is 0. The topological polar surface area (TPSA) is 225 Å². The van der Waals surface area contributed by atoms with Gasteiger partial charge in [-0.1, -0.05) is 68.4 Å². The molecular weight excluding hydrogens is 841 g/mol. The molecule has 3 aliphatic carbocycles. The Balaban J connectivity index is 1.40. The van der Waals surface area contributed by atoms with Crippen molar-refractivity contribution in [2.75, 3.05) is 19.0 Å². The van der Waals surface area contributed by atoms with Crippen LogP contribution >= 0.6 is 0 Å². The lowest BCUT2D eigenvalue weighted by atomic mass is 9.46. The van der Waals surface area contributed by atoms with Crippen molar-refractivity contribution in [1.29, 1.82) is 0 Å². The summed E-state index contributed by atoms with van der Waals surface area (Å²) in [6, 6.07) is 21.4. The van der Waals surface area contributed by atoms with Gasteiger partial charge in [-0.05, 0) is 62.2 Å². The number of nitrogens with zero attached hydrogens (tertiary/aromatic N) is 1. The van der Waals surface area contributed by atoms with Gasteiger partial charge in [-0.25, -0.2) is 9.59 Å². The summed E-state index contributed by atoms with van der Waals surface area (Å²) in [5, 5.41) is 40.5. The van der Waals surface area contributed by atoms with E-state index in [0.29, 0.717) is 5.56 Å². The zero-order chi connectivity index (χ0) is 47.6. The number of nitrogens with one attached hydrogen (secondary N) is 1. The maximum absolute atomic E-state index is 15.8. The predicted molar refractivity (Wildman–Crippen MR) is 232 cm³/mol. The van der Waals surface area contributed by atoms with Gasteiger partial charge in [0.2, 0.25) is 5.78 Å². The Bertz CT molecular complexity index is 2440. The Hall–Kier alpha value is -5.94. The summed E-state index contributed by atoms with van der Waals surface area (Å²) in [6.45, 7) is 9.53. The van der Waals surface area contributed by atoms with Gasteiger partial charge in [-0.2, -0.15) is 0 Å². The van der Waals surface area contributed by atoms with E-state index < -0.39 is 112 Å². The summed E-state index contributed by atoms with van der Waals surface area (Å²) in [7, 11) is 3.62. The van der Waals surface area contributed by atoms with Crippen molar-refractivity contribution in [3.63, 3.8) is 0 Å². The van der Waals surface area contributed by atoms with Crippen LogP contribution in [0.4, 0.5) is 5.69 Å². The molecule has 2 saturated carbocycles. The van der Waals surface area contributed by atoms with Crippen LogP contribution in [0.25, 0.3) is 0 Å². The number of anilines is 1. The highest BCUT2D eigenvalue weighted by atomic mass is 16.7. The number of amides is 1. The first-order valence-corrected chi connectivity index (χ1v) is 21.5. The van der Waals surface area contributed by atoms with Crippen LogP contribution in [0.2, 0.25) is 0 Å². The smallest absolute Gasteiger partial charge is 0.338 e. The van der Waals surface area contributed by atoms with Crippen molar-refractivity contribution in [2.45, 2.75) is 115 Å². The van der Waals surface area contributed by atoms with Gasteiger partial charge >= 0.3 is 23.9 Å². The number of hydrogen-bond acceptors (Lipinski definition) is 15. The number of ketones is 1. The number of aliphatic hydroxyl groups is 3. The summed E-state index contributed by atoms with van der Waals surface area (Å²) in [5.74, 6) is -10.0. The van der Waals surface area contributed by atoms with Gasteiger partial charge in [0.05, 0.1) is 29.0 Å². The van der Waals surface area contributed by atoms with Crippen LogP contribution < -0.4 is 10.2 Å². The molecule has 4 fully saturated rings. The van der Waals surface area contributed by atoms with E-state index in [1.54, 1.807) is 66.7 Å². The highest BCUT2D eigenvalue weighted by Crippen LogP contribution is 2.67. The highest BCUT2D eigenvalue weighted by molar-refractivity contribution is 5.99. The third kappa shape index (κ3) is 7.59. The third-order valence-electron chi connectivity index (χ3n) is 14.1. The zero-order valence-electron chi connectivity index (χ0n) is 37.8. The number of Topliss-reactive ketones (excluding diaryl/α,β-unsaturated/α-hetero) is 1. The number of carbonyl (C=O) groups excluding carboxylic acids is 6. The number of fused-ring (bicyclic) bond motifs is 3. The van der Waals surface area contributed by atoms with Crippen molar-refractivity contribution < 1.29 is 67.8 Å². The number of esters is 4. The molecule has 0 unspecified atom stereocenters. The quantitative estimate of drug-likeness (QED) is 0.121. The molecule has 3 aromatic rings. The Morgan fingerprint density at radius 2 is 1.45 bits per heavy atom.